The van der Waals surface area contributed by atoms with Crippen LogP contribution in [-0.2, 0) is 0 Å². The van der Waals surface area contributed by atoms with Gasteiger partial charge in [-0.25, -0.2) is 5.10 Å². The molecule has 3 rings (SSSR count). The number of benzene rings is 2. The third-order valence-electron chi connectivity index (χ3n) is 3.48. The van der Waals surface area contributed by atoms with E-state index in [0.29, 0.717) is 27.1 Å². The van der Waals surface area contributed by atoms with Gasteiger partial charge in [-0.15, -0.1) is 0 Å². The summed E-state index contributed by atoms with van der Waals surface area (Å²) in [4.78, 5) is 0. The molecule has 1 N–H and O–H groups in total. The number of aromatic nitrogens is 3. The molecule has 0 saturated heterocycles. The van der Waals surface area contributed by atoms with E-state index in [1.54, 1.807) is 37.2 Å². The van der Waals surface area contributed by atoms with Crippen LogP contribution in [-0.4, -0.2) is 35.3 Å². The summed E-state index contributed by atoms with van der Waals surface area (Å²) in [5.41, 5.74) is 1.68. The van der Waals surface area contributed by atoms with Crippen molar-refractivity contribution in [3.8, 4) is 22.9 Å². The van der Waals surface area contributed by atoms with Crippen LogP contribution in [0.4, 0.5) is 0 Å². The summed E-state index contributed by atoms with van der Waals surface area (Å²) < 4.78 is 12.5. The van der Waals surface area contributed by atoms with Crippen LogP contribution in [0.5, 0.6) is 11.5 Å². The number of aromatic amines is 1. The Morgan fingerprint density at radius 3 is 2.52 bits per heavy atom. The molecule has 0 atom stereocenters. The molecule has 0 aliphatic rings. The summed E-state index contributed by atoms with van der Waals surface area (Å²) in [5, 5.41) is 12.1. The highest BCUT2D eigenvalue weighted by Crippen LogP contribution is 2.27. The minimum atomic E-state index is 0.390. The van der Waals surface area contributed by atoms with Crippen LogP contribution in [0.3, 0.4) is 0 Å². The number of ether oxygens (including phenoxy) is 2. The lowest BCUT2D eigenvalue weighted by molar-refractivity contribution is 0.355. The lowest BCUT2D eigenvalue weighted by atomic mass is 10.2. The Balaban J connectivity index is 1.96. The van der Waals surface area contributed by atoms with Crippen molar-refractivity contribution in [2.75, 3.05) is 14.2 Å². The normalized spacial score (nSPS) is 11.0. The number of nitrogens with one attached hydrogen (secondary N) is 1. The highest BCUT2D eigenvalue weighted by atomic mass is 35.5. The van der Waals surface area contributed by atoms with Crippen molar-refractivity contribution < 1.29 is 9.47 Å². The van der Waals surface area contributed by atoms with E-state index in [1.165, 1.54) is 0 Å². The number of nitrogens with zero attached hydrogens (tertiary/aromatic N) is 3. The molecule has 128 valence electrons. The van der Waals surface area contributed by atoms with E-state index in [1.807, 2.05) is 30.3 Å². The van der Waals surface area contributed by atoms with Gasteiger partial charge in [-0.2, -0.15) is 14.9 Å². The van der Waals surface area contributed by atoms with Gasteiger partial charge >= 0.3 is 0 Å². The number of halogens is 1. The van der Waals surface area contributed by atoms with E-state index in [0.717, 1.165) is 11.1 Å². The van der Waals surface area contributed by atoms with Crippen LogP contribution >= 0.6 is 23.8 Å². The summed E-state index contributed by atoms with van der Waals surface area (Å²) in [5.74, 6) is 1.87. The van der Waals surface area contributed by atoms with Gasteiger partial charge in [0.1, 0.15) is 0 Å². The Morgan fingerprint density at radius 1 is 1.12 bits per heavy atom. The molecule has 0 spiro atoms. The zero-order chi connectivity index (χ0) is 17.8. The van der Waals surface area contributed by atoms with Crippen molar-refractivity contribution in [1.29, 1.82) is 0 Å². The second-order valence-corrected chi connectivity index (χ2v) is 5.85. The molecule has 2 aromatic carbocycles. The molecule has 0 aliphatic heterocycles. The fourth-order valence-corrected chi connectivity index (χ4v) is 2.55. The Kier molecular flexibility index (Phi) is 5.16. The lowest BCUT2D eigenvalue weighted by Crippen LogP contribution is -1.96. The monoisotopic (exact) mass is 374 g/mol. The summed E-state index contributed by atoms with van der Waals surface area (Å²) in [6.45, 7) is 0. The molecule has 0 bridgehead atoms. The maximum Gasteiger partial charge on any atom is 0.216 e. The van der Waals surface area contributed by atoms with Crippen LogP contribution in [0, 0.1) is 4.77 Å². The summed E-state index contributed by atoms with van der Waals surface area (Å²) in [6, 6.07) is 12.8. The van der Waals surface area contributed by atoms with E-state index < -0.39 is 0 Å². The van der Waals surface area contributed by atoms with Gasteiger partial charge in [0.25, 0.3) is 0 Å². The zero-order valence-corrected chi connectivity index (χ0v) is 15.1. The second kappa shape index (κ2) is 7.50. The maximum absolute atomic E-state index is 5.93. The number of hydrogen-bond acceptors (Lipinski definition) is 5. The number of H-pyrrole nitrogens is 1. The lowest BCUT2D eigenvalue weighted by Gasteiger charge is -2.07. The van der Waals surface area contributed by atoms with E-state index >= 15 is 0 Å². The van der Waals surface area contributed by atoms with E-state index in [4.69, 9.17) is 33.3 Å². The first-order chi connectivity index (χ1) is 12.1. The predicted octanol–water partition coefficient (Wildman–Crippen LogP) is 4.16. The molecule has 1 aromatic heterocycles. The molecule has 25 heavy (non-hydrogen) atoms. The molecule has 8 heteroatoms. The van der Waals surface area contributed by atoms with Gasteiger partial charge in [0, 0.05) is 10.6 Å². The van der Waals surface area contributed by atoms with Gasteiger partial charge in [0.2, 0.25) is 4.77 Å². The zero-order valence-electron chi connectivity index (χ0n) is 13.6. The van der Waals surface area contributed by atoms with Gasteiger partial charge < -0.3 is 9.47 Å². The second-order valence-electron chi connectivity index (χ2n) is 5.03. The van der Waals surface area contributed by atoms with E-state index in [-0.39, 0.29) is 0 Å². The third kappa shape index (κ3) is 3.72. The first-order valence-electron chi connectivity index (χ1n) is 7.32. The molecule has 0 amide bonds. The topological polar surface area (TPSA) is 64.4 Å². The molecular formula is C17H15ClN4O2S. The van der Waals surface area contributed by atoms with E-state index in [9.17, 15) is 0 Å². The fourth-order valence-electron chi connectivity index (χ4n) is 2.24. The Bertz CT molecular complexity index is 964. The van der Waals surface area contributed by atoms with Crippen molar-refractivity contribution in [3.63, 3.8) is 0 Å². The molecule has 0 radical (unpaired) electrons. The summed E-state index contributed by atoms with van der Waals surface area (Å²) in [6.07, 6.45) is 1.67. The molecule has 0 unspecified atom stereocenters. The maximum atomic E-state index is 5.93. The molecule has 1 heterocycles. The molecule has 0 saturated carbocycles. The minimum absolute atomic E-state index is 0.390. The van der Waals surface area contributed by atoms with Gasteiger partial charge in [0.15, 0.2) is 17.3 Å². The van der Waals surface area contributed by atoms with Crippen molar-refractivity contribution in [2.45, 2.75) is 0 Å². The number of methoxy groups -OCH3 is 2. The number of rotatable bonds is 5. The number of hydrogen-bond donors (Lipinski definition) is 1. The third-order valence-corrected chi connectivity index (χ3v) is 4.00. The van der Waals surface area contributed by atoms with Crippen LogP contribution in [0.2, 0.25) is 5.02 Å². The van der Waals surface area contributed by atoms with E-state index in [2.05, 4.69) is 15.3 Å². The average Bonchev–Trinajstić information content (AvgIpc) is 3.01. The summed E-state index contributed by atoms with van der Waals surface area (Å²) in [7, 11) is 3.18. The molecule has 6 nitrogen and oxygen atoms in total. The highest BCUT2D eigenvalue weighted by Gasteiger charge is 2.08. The highest BCUT2D eigenvalue weighted by molar-refractivity contribution is 7.71. The molecule has 3 aromatic rings. The Hall–Kier alpha value is -2.64. The summed E-state index contributed by atoms with van der Waals surface area (Å²) >= 11 is 11.2. The van der Waals surface area contributed by atoms with Crippen LogP contribution in [0.15, 0.2) is 47.6 Å². The quantitative estimate of drug-likeness (QED) is 0.538. The fraction of sp³-hybridized carbons (Fsp3) is 0.118. The smallest absolute Gasteiger partial charge is 0.216 e. The minimum Gasteiger partial charge on any atom is -0.493 e. The van der Waals surface area contributed by atoms with Gasteiger partial charge in [-0.3, -0.25) is 0 Å². The Labute approximate surface area is 154 Å². The van der Waals surface area contributed by atoms with Crippen LogP contribution < -0.4 is 9.47 Å². The first-order valence-corrected chi connectivity index (χ1v) is 8.10. The van der Waals surface area contributed by atoms with Crippen molar-refractivity contribution >= 4 is 30.0 Å². The SMILES string of the molecule is COc1ccc(/C=N\n2c(-c3ccc(Cl)cc3)n[nH]c2=S)cc1OC. The van der Waals surface area contributed by atoms with Crippen molar-refractivity contribution in [1.82, 2.24) is 14.9 Å². The molecular weight excluding hydrogens is 360 g/mol. The van der Waals surface area contributed by atoms with Gasteiger partial charge in [-0.1, -0.05) is 11.6 Å². The molecule has 0 aliphatic carbocycles. The largest absolute Gasteiger partial charge is 0.493 e. The van der Waals surface area contributed by atoms with Crippen LogP contribution in [0.1, 0.15) is 5.56 Å². The van der Waals surface area contributed by atoms with Gasteiger partial charge in [-0.05, 0) is 60.2 Å². The predicted molar refractivity (Wildman–Crippen MR) is 100 cm³/mol. The Morgan fingerprint density at radius 2 is 1.84 bits per heavy atom. The van der Waals surface area contributed by atoms with Crippen LogP contribution in [0.25, 0.3) is 11.4 Å². The van der Waals surface area contributed by atoms with Crippen molar-refractivity contribution in [3.05, 3.63) is 57.8 Å². The van der Waals surface area contributed by atoms with Gasteiger partial charge in [0.05, 0.1) is 20.4 Å². The molecule has 0 fully saturated rings. The first kappa shape index (κ1) is 17.2. The van der Waals surface area contributed by atoms with Crippen molar-refractivity contribution in [2.24, 2.45) is 5.10 Å². The standard InChI is InChI=1S/C17H15ClN4O2S/c1-23-14-8-3-11(9-15(14)24-2)10-19-22-16(20-21-17(22)25)12-4-6-13(18)7-5-12/h3-10H,1-2H3,(H,21,25)/b19-10-. The average molecular weight is 375 g/mol.